The lowest BCUT2D eigenvalue weighted by molar-refractivity contribution is -0.160. The number of carbonyl (C=O) groups excluding carboxylic acids is 2. The van der Waals surface area contributed by atoms with Gasteiger partial charge in [-0.3, -0.25) is 14.5 Å². The van der Waals surface area contributed by atoms with Crippen LogP contribution in [0, 0.1) is 0 Å². The number of thioether (sulfide) groups is 2. The van der Waals surface area contributed by atoms with Gasteiger partial charge >= 0.3 is 5.97 Å². The van der Waals surface area contributed by atoms with Crippen molar-refractivity contribution < 1.29 is 29.3 Å². The molecule has 1 unspecified atom stereocenters. The Bertz CT molecular complexity index is 1170. The number of methoxy groups -OCH3 is 1. The number of benzene rings is 1. The molecule has 1 fully saturated rings. The molecule has 3 heterocycles. The quantitative estimate of drug-likeness (QED) is 0.258. The summed E-state index contributed by atoms with van der Waals surface area (Å²) in [5.41, 5.74) is 3.69. The number of nitrogens with two attached hydrogens (primary N) is 1. The van der Waals surface area contributed by atoms with Crippen LogP contribution in [0.1, 0.15) is 5.56 Å². The van der Waals surface area contributed by atoms with E-state index >= 15 is 0 Å². The number of β-lactam (4-membered cyclic amide) rings is 1. The zero-order valence-electron chi connectivity index (χ0n) is 18.0. The maximum atomic E-state index is 13.6. The van der Waals surface area contributed by atoms with Crippen molar-refractivity contribution in [3.05, 3.63) is 41.1 Å². The summed E-state index contributed by atoms with van der Waals surface area (Å²) in [7, 11) is 3.09. The van der Waals surface area contributed by atoms with Crippen LogP contribution in [0.15, 0.2) is 40.7 Å². The summed E-state index contributed by atoms with van der Waals surface area (Å²) in [5, 5.41) is 33.3. The van der Waals surface area contributed by atoms with Gasteiger partial charge in [-0.25, -0.2) is 9.48 Å². The fourth-order valence-electron chi connectivity index (χ4n) is 3.89. The highest BCUT2D eigenvalue weighted by Crippen LogP contribution is 2.54. The van der Waals surface area contributed by atoms with Crippen LogP contribution in [0.3, 0.4) is 0 Å². The number of aromatic nitrogens is 4. The van der Waals surface area contributed by atoms with E-state index in [2.05, 4.69) is 20.8 Å². The van der Waals surface area contributed by atoms with Crippen LogP contribution >= 0.6 is 23.5 Å². The minimum absolute atomic E-state index is 0.0255. The highest BCUT2D eigenvalue weighted by molar-refractivity contribution is 8.01. The number of ether oxygens (including phenoxy) is 1. The van der Waals surface area contributed by atoms with Crippen LogP contribution in [-0.4, -0.2) is 83.3 Å². The van der Waals surface area contributed by atoms with E-state index in [-0.39, 0.29) is 23.7 Å². The third kappa shape index (κ3) is 3.79. The number of tetrazole rings is 1. The highest BCUT2D eigenvalue weighted by Gasteiger charge is 2.67. The van der Waals surface area contributed by atoms with E-state index in [9.17, 15) is 24.6 Å². The van der Waals surface area contributed by atoms with E-state index in [1.807, 2.05) is 0 Å². The maximum absolute atomic E-state index is 13.6. The lowest BCUT2D eigenvalue weighted by atomic mass is 9.79. The van der Waals surface area contributed by atoms with Crippen LogP contribution in [0.5, 0.6) is 5.75 Å². The molecule has 0 radical (unpaired) electrons. The Kier molecular flexibility index (Phi) is 6.53. The van der Waals surface area contributed by atoms with Crippen molar-refractivity contribution >= 4 is 41.3 Å². The number of hydrogen-bond donors (Lipinski definition) is 4. The van der Waals surface area contributed by atoms with E-state index in [1.165, 1.54) is 59.6 Å². The molecule has 1 saturated heterocycles. The summed E-state index contributed by atoms with van der Waals surface area (Å²) in [4.78, 5) is 39.4. The molecule has 0 saturated carbocycles. The minimum atomic E-state index is -1.58. The van der Waals surface area contributed by atoms with Crippen molar-refractivity contribution in [2.75, 3.05) is 19.4 Å². The molecule has 2 aliphatic heterocycles. The van der Waals surface area contributed by atoms with Gasteiger partial charge in [0.25, 0.3) is 5.91 Å². The highest BCUT2D eigenvalue weighted by atomic mass is 32.2. The van der Waals surface area contributed by atoms with Gasteiger partial charge in [0, 0.05) is 25.5 Å². The number of rotatable bonds is 8. The average Bonchev–Trinajstić information content (AvgIpc) is 3.24. The zero-order valence-corrected chi connectivity index (χ0v) is 19.7. The van der Waals surface area contributed by atoms with Crippen LogP contribution in [-0.2, 0) is 31.7 Å². The Labute approximate surface area is 201 Å². The minimum Gasteiger partial charge on any atom is -0.508 e. The van der Waals surface area contributed by atoms with Gasteiger partial charge in [-0.15, -0.1) is 5.10 Å². The number of amides is 2. The Morgan fingerprint density at radius 2 is 2.06 bits per heavy atom. The SMILES string of the molecule is COC1S[C@@H]2N(C(=O)[C@@]2(NC(=O)CN)c2ccc(O)cc2)C(C(=O)O)=C1CSc1nnnn1C. The Morgan fingerprint density at radius 1 is 1.35 bits per heavy atom. The molecule has 0 spiro atoms. The number of aliphatic carboxylic acids is 1. The lowest BCUT2D eigenvalue weighted by Gasteiger charge is -2.58. The molecule has 34 heavy (non-hydrogen) atoms. The molecule has 15 heteroatoms. The zero-order chi connectivity index (χ0) is 24.6. The summed E-state index contributed by atoms with van der Waals surface area (Å²) < 4.78 is 7.05. The van der Waals surface area contributed by atoms with E-state index in [0.717, 1.165) is 4.90 Å². The number of carboxylic acids is 1. The molecule has 0 aliphatic carbocycles. The van der Waals surface area contributed by atoms with Gasteiger partial charge in [0.15, 0.2) is 5.54 Å². The van der Waals surface area contributed by atoms with E-state index in [0.29, 0.717) is 16.3 Å². The van der Waals surface area contributed by atoms with E-state index in [1.54, 1.807) is 7.05 Å². The number of carbonyl (C=O) groups is 3. The normalized spacial score (nSPS) is 24.0. The number of hydrogen-bond acceptors (Lipinski definition) is 11. The molecule has 2 aliphatic rings. The molecule has 3 atom stereocenters. The molecule has 13 nitrogen and oxygen atoms in total. The Morgan fingerprint density at radius 3 is 2.62 bits per heavy atom. The second kappa shape index (κ2) is 9.25. The molecule has 2 amide bonds. The third-order valence-electron chi connectivity index (χ3n) is 5.44. The van der Waals surface area contributed by atoms with E-state index < -0.39 is 34.1 Å². The molecule has 1 aromatic heterocycles. The number of phenolic OH excluding ortho intramolecular Hbond substituents is 1. The predicted molar refractivity (Wildman–Crippen MR) is 120 cm³/mol. The molecule has 4 rings (SSSR count). The molecular formula is C19H21N7O6S2. The summed E-state index contributed by atoms with van der Waals surface area (Å²) >= 11 is 2.39. The predicted octanol–water partition coefficient (Wildman–Crippen LogP) is -0.795. The van der Waals surface area contributed by atoms with Gasteiger partial charge in [-0.05, 0) is 28.1 Å². The number of aromatic hydroxyl groups is 1. The van der Waals surface area contributed by atoms with Gasteiger partial charge in [0.05, 0.1) is 6.54 Å². The second-order valence-electron chi connectivity index (χ2n) is 7.39. The number of aryl methyl sites for hydroxylation is 1. The molecule has 2 aromatic rings. The molecule has 1 aromatic carbocycles. The van der Waals surface area contributed by atoms with Crippen LogP contribution in [0.4, 0.5) is 0 Å². The van der Waals surface area contributed by atoms with Gasteiger partial charge in [0.1, 0.15) is 22.3 Å². The monoisotopic (exact) mass is 507 g/mol. The number of fused-ring (bicyclic) bond motifs is 1. The molecule has 5 N–H and O–H groups in total. The smallest absolute Gasteiger partial charge is 0.352 e. The molecule has 180 valence electrons. The van der Waals surface area contributed by atoms with Gasteiger partial charge in [-0.2, -0.15) is 0 Å². The van der Waals surface area contributed by atoms with Crippen molar-refractivity contribution in [2.45, 2.75) is 21.5 Å². The summed E-state index contributed by atoms with van der Waals surface area (Å²) in [6.07, 6.45) is 0. The average molecular weight is 508 g/mol. The fraction of sp³-hybridized carbons (Fsp3) is 0.368. The van der Waals surface area contributed by atoms with Crippen molar-refractivity contribution in [1.29, 1.82) is 0 Å². The topological polar surface area (TPSA) is 186 Å². The number of phenols is 1. The fourth-order valence-corrected chi connectivity index (χ4v) is 6.41. The Balaban J connectivity index is 1.77. The van der Waals surface area contributed by atoms with Crippen LogP contribution < -0.4 is 11.1 Å². The number of nitrogens with one attached hydrogen (secondary N) is 1. The second-order valence-corrected chi connectivity index (χ2v) is 9.48. The van der Waals surface area contributed by atoms with Gasteiger partial charge in [0.2, 0.25) is 11.1 Å². The Hall–Kier alpha value is -3.14. The summed E-state index contributed by atoms with van der Waals surface area (Å²) in [6, 6.07) is 5.77. The summed E-state index contributed by atoms with van der Waals surface area (Å²) in [6.45, 7) is -0.368. The first-order valence-corrected chi connectivity index (χ1v) is 11.8. The molecular weight excluding hydrogens is 486 g/mol. The first kappa shape index (κ1) is 24.0. The van der Waals surface area contributed by atoms with Crippen molar-refractivity contribution in [3.63, 3.8) is 0 Å². The number of nitrogens with zero attached hydrogens (tertiary/aromatic N) is 5. The summed E-state index contributed by atoms with van der Waals surface area (Å²) in [5.74, 6) is -2.40. The van der Waals surface area contributed by atoms with Gasteiger partial charge in [-0.1, -0.05) is 35.7 Å². The van der Waals surface area contributed by atoms with Crippen LogP contribution in [0.25, 0.3) is 0 Å². The van der Waals surface area contributed by atoms with Crippen LogP contribution in [0.2, 0.25) is 0 Å². The van der Waals surface area contributed by atoms with Crippen molar-refractivity contribution in [3.8, 4) is 5.75 Å². The first-order chi connectivity index (χ1) is 16.2. The third-order valence-corrected chi connectivity index (χ3v) is 8.05. The lowest BCUT2D eigenvalue weighted by Crippen LogP contribution is -2.78. The maximum Gasteiger partial charge on any atom is 0.352 e. The van der Waals surface area contributed by atoms with E-state index in [4.69, 9.17) is 10.5 Å². The molecule has 0 bridgehead atoms. The van der Waals surface area contributed by atoms with Crippen molar-refractivity contribution in [1.82, 2.24) is 30.4 Å². The largest absolute Gasteiger partial charge is 0.508 e. The first-order valence-electron chi connectivity index (χ1n) is 9.88. The number of carboxylic acid groups (broad SMARTS) is 1. The van der Waals surface area contributed by atoms with Crippen molar-refractivity contribution in [2.24, 2.45) is 12.8 Å². The van der Waals surface area contributed by atoms with Gasteiger partial charge < -0.3 is 26.0 Å². The standard InChI is InChI=1S/C19H21N7O6S2/c1-25-18(22-23-24-25)33-8-11-13(14(29)30)26-16(31)19(21-12(28)7-20,17(26)34-15(11)32-2)9-3-5-10(27)6-4-9/h3-6,15,17,27H,7-8,20H2,1-2H3,(H,21,28)(H,29,30)/t15?,17-,19-/m0/s1.